The van der Waals surface area contributed by atoms with Crippen molar-refractivity contribution in [1.29, 1.82) is 0 Å². The normalized spacial score (nSPS) is 21.8. The van der Waals surface area contributed by atoms with E-state index in [9.17, 15) is 21.6 Å². The molecule has 2 aromatic heterocycles. The average molecular weight is 668 g/mol. The molecule has 0 amide bonds. The minimum Gasteiger partial charge on any atom is -0.326 e. The Balaban J connectivity index is 1.33. The summed E-state index contributed by atoms with van der Waals surface area (Å²) in [7, 11) is -3.64. The van der Waals surface area contributed by atoms with Gasteiger partial charge in [-0.1, -0.05) is 31.0 Å². The van der Waals surface area contributed by atoms with E-state index in [0.717, 1.165) is 32.4 Å². The standard InChI is InChI=1S/C29H33ClF3N7O2S2/c1-2-18-5-9-38(10-6-18)12-14-44(41,42)37-20-16-24-25(23-7-11-40(36-23)29(32)33)26(21-4-3-19(31)15-22(21)30)35-27(39(24)17-20)28-34-8-13-43-28/h3-4,7-8,11,13,15,18,20,26,29,37H,2,5-6,9-10,12,14,16-17H2,1H3/t20-,26-/m0/s1. The van der Waals surface area contributed by atoms with Crippen molar-refractivity contribution in [2.24, 2.45) is 10.9 Å². The Labute approximate surface area is 263 Å². The smallest absolute Gasteiger partial charge is 0.326 e. The van der Waals surface area contributed by atoms with E-state index in [4.69, 9.17) is 16.6 Å². The van der Waals surface area contributed by atoms with E-state index in [0.29, 0.717) is 44.8 Å². The minimum absolute atomic E-state index is 0.0216. The molecule has 15 heteroatoms. The summed E-state index contributed by atoms with van der Waals surface area (Å²) in [5, 5.41) is 6.66. The van der Waals surface area contributed by atoms with E-state index >= 15 is 0 Å². The molecule has 5 heterocycles. The molecular formula is C29H33ClF3N7O2S2. The Bertz CT molecular complexity index is 1650. The molecule has 0 aliphatic carbocycles. The Kier molecular flexibility index (Phi) is 9.16. The van der Waals surface area contributed by atoms with E-state index < -0.39 is 34.5 Å². The number of amidine groups is 1. The van der Waals surface area contributed by atoms with Gasteiger partial charge in [0.2, 0.25) is 10.0 Å². The highest BCUT2D eigenvalue weighted by Crippen LogP contribution is 2.46. The molecule has 3 aliphatic heterocycles. The highest BCUT2D eigenvalue weighted by molar-refractivity contribution is 7.89. The number of hydrogen-bond donors (Lipinski definition) is 1. The molecule has 2 fully saturated rings. The molecule has 9 nitrogen and oxygen atoms in total. The fourth-order valence-corrected chi connectivity index (χ4v) is 8.41. The lowest BCUT2D eigenvalue weighted by Crippen LogP contribution is -2.43. The summed E-state index contributed by atoms with van der Waals surface area (Å²) < 4.78 is 71.2. The van der Waals surface area contributed by atoms with Crippen molar-refractivity contribution in [2.45, 2.75) is 51.2 Å². The third-order valence-corrected chi connectivity index (χ3v) is 11.0. The number of halogens is 4. The van der Waals surface area contributed by atoms with E-state index in [1.54, 1.807) is 11.6 Å². The van der Waals surface area contributed by atoms with Crippen LogP contribution in [0.25, 0.3) is 5.57 Å². The molecule has 1 aromatic carbocycles. The van der Waals surface area contributed by atoms with Crippen LogP contribution >= 0.6 is 22.9 Å². The fraction of sp³-hybridized carbons (Fsp3) is 0.483. The summed E-state index contributed by atoms with van der Waals surface area (Å²) in [5.74, 6) is 0.653. The lowest BCUT2D eigenvalue weighted by atomic mass is 9.92. The van der Waals surface area contributed by atoms with E-state index in [1.807, 2.05) is 4.90 Å². The van der Waals surface area contributed by atoms with E-state index in [2.05, 4.69) is 26.6 Å². The number of thiazole rings is 1. The number of rotatable bonds is 10. The molecule has 2 atom stereocenters. The Morgan fingerprint density at radius 3 is 2.66 bits per heavy atom. The molecule has 0 spiro atoms. The number of benzene rings is 1. The van der Waals surface area contributed by atoms with Crippen molar-refractivity contribution in [2.75, 3.05) is 31.9 Å². The third kappa shape index (κ3) is 6.59. The van der Waals surface area contributed by atoms with Crippen molar-refractivity contribution in [1.82, 2.24) is 29.3 Å². The summed E-state index contributed by atoms with van der Waals surface area (Å²) in [5.41, 5.74) is 1.88. The number of aliphatic imine (C=N–C) groups is 1. The van der Waals surface area contributed by atoms with Crippen LogP contribution in [0.4, 0.5) is 13.2 Å². The van der Waals surface area contributed by atoms with Crippen molar-refractivity contribution in [3.63, 3.8) is 0 Å². The topological polar surface area (TPSA) is 95.7 Å². The van der Waals surface area contributed by atoms with Gasteiger partial charge in [-0.3, -0.25) is 4.99 Å². The molecule has 0 radical (unpaired) electrons. The molecule has 0 saturated carbocycles. The largest absolute Gasteiger partial charge is 0.333 e. The van der Waals surface area contributed by atoms with Crippen LogP contribution in [0.5, 0.6) is 0 Å². The van der Waals surface area contributed by atoms with Crippen LogP contribution in [-0.4, -0.2) is 76.8 Å². The molecule has 44 heavy (non-hydrogen) atoms. The number of sulfonamides is 1. The molecule has 1 N–H and O–H groups in total. The first kappa shape index (κ1) is 31.2. The molecule has 0 bridgehead atoms. The SMILES string of the molecule is CCC1CCN(CCS(=O)(=O)N[C@H]2CC3=C(c4ccn(C(F)F)n4)[C@H](c4ccc(F)cc4Cl)N=C(c4nccs4)N3C2)CC1. The van der Waals surface area contributed by atoms with E-state index in [-0.39, 0.29) is 29.4 Å². The van der Waals surface area contributed by atoms with Crippen LogP contribution in [0.2, 0.25) is 5.02 Å². The summed E-state index contributed by atoms with van der Waals surface area (Å²) in [4.78, 5) is 13.5. The predicted octanol–water partition coefficient (Wildman–Crippen LogP) is 5.56. The van der Waals surface area contributed by atoms with Gasteiger partial charge in [0.05, 0.1) is 11.4 Å². The molecule has 6 rings (SSSR count). The zero-order valence-corrected chi connectivity index (χ0v) is 26.4. The van der Waals surface area contributed by atoms with Crippen molar-refractivity contribution in [3.05, 3.63) is 74.8 Å². The maximum atomic E-state index is 14.0. The summed E-state index contributed by atoms with van der Waals surface area (Å²) >= 11 is 7.88. The van der Waals surface area contributed by atoms with Gasteiger partial charge in [-0.25, -0.2) is 27.2 Å². The van der Waals surface area contributed by atoms with Crippen molar-refractivity contribution < 1.29 is 21.6 Å². The van der Waals surface area contributed by atoms with Crippen LogP contribution < -0.4 is 4.72 Å². The first-order valence-corrected chi connectivity index (χ1v) is 17.5. The number of alkyl halides is 2. The Morgan fingerprint density at radius 2 is 2.00 bits per heavy atom. The van der Waals surface area contributed by atoms with Gasteiger partial charge >= 0.3 is 6.55 Å². The molecule has 236 valence electrons. The highest BCUT2D eigenvalue weighted by Gasteiger charge is 2.42. The predicted molar refractivity (Wildman–Crippen MR) is 165 cm³/mol. The quantitative estimate of drug-likeness (QED) is 0.305. The maximum Gasteiger partial charge on any atom is 0.333 e. The van der Waals surface area contributed by atoms with Crippen molar-refractivity contribution >= 4 is 44.4 Å². The van der Waals surface area contributed by atoms with Crippen LogP contribution in [-0.2, 0) is 10.0 Å². The van der Waals surface area contributed by atoms with Crippen molar-refractivity contribution in [3.8, 4) is 0 Å². The van der Waals surface area contributed by atoms with Crippen LogP contribution in [0.3, 0.4) is 0 Å². The number of likely N-dealkylation sites (tertiary alicyclic amines) is 1. The number of hydrogen-bond acceptors (Lipinski definition) is 8. The lowest BCUT2D eigenvalue weighted by Gasteiger charge is -2.32. The molecule has 3 aliphatic rings. The van der Waals surface area contributed by atoms with Crippen LogP contribution in [0, 0.1) is 11.7 Å². The van der Waals surface area contributed by atoms with Gasteiger partial charge in [0.25, 0.3) is 0 Å². The summed E-state index contributed by atoms with van der Waals surface area (Å²) in [6.07, 6.45) is 6.39. The second-order valence-corrected chi connectivity index (χ2v) is 14.5. The third-order valence-electron chi connectivity index (χ3n) is 8.53. The maximum absolute atomic E-state index is 14.0. The van der Waals surface area contributed by atoms with Crippen LogP contribution in [0.15, 0.2) is 52.7 Å². The lowest BCUT2D eigenvalue weighted by molar-refractivity contribution is 0.0564. The average Bonchev–Trinajstić information content (AvgIpc) is 3.77. The van der Waals surface area contributed by atoms with Gasteiger partial charge in [-0.15, -0.1) is 11.3 Å². The van der Waals surface area contributed by atoms with Gasteiger partial charge < -0.3 is 9.80 Å². The molecule has 0 unspecified atom stereocenters. The van der Waals surface area contributed by atoms with E-state index in [1.165, 1.54) is 41.8 Å². The molecular weight excluding hydrogens is 635 g/mol. The summed E-state index contributed by atoms with van der Waals surface area (Å²) in [6, 6.07) is 4.10. The highest BCUT2D eigenvalue weighted by atomic mass is 35.5. The van der Waals surface area contributed by atoms with Gasteiger partial charge in [0.1, 0.15) is 11.9 Å². The first-order chi connectivity index (χ1) is 21.1. The number of piperidine rings is 1. The van der Waals surface area contributed by atoms with Gasteiger partial charge in [0.15, 0.2) is 10.8 Å². The number of nitrogens with one attached hydrogen (secondary N) is 1. The second kappa shape index (κ2) is 12.9. The zero-order valence-electron chi connectivity index (χ0n) is 24.0. The Hall–Kier alpha value is -2.78. The van der Waals surface area contributed by atoms with Gasteiger partial charge in [-0.2, -0.15) is 13.9 Å². The monoisotopic (exact) mass is 667 g/mol. The second-order valence-electron chi connectivity index (χ2n) is 11.3. The minimum atomic E-state index is -3.64. The Morgan fingerprint density at radius 1 is 1.20 bits per heavy atom. The molecule has 2 saturated heterocycles. The van der Waals surface area contributed by atoms with Gasteiger partial charge in [0, 0.05) is 65.2 Å². The fourth-order valence-electron chi connectivity index (χ4n) is 6.21. The first-order valence-electron chi connectivity index (χ1n) is 14.6. The molecule has 3 aromatic rings. The zero-order chi connectivity index (χ0) is 31.0. The number of aromatic nitrogens is 3. The summed E-state index contributed by atoms with van der Waals surface area (Å²) in [6.45, 7) is 1.85. The number of nitrogens with zero attached hydrogens (tertiary/aromatic N) is 6. The number of fused-ring (bicyclic) bond motifs is 1. The van der Waals surface area contributed by atoms with Gasteiger partial charge in [-0.05, 0) is 50.0 Å². The van der Waals surface area contributed by atoms with Crippen LogP contribution in [0.1, 0.15) is 61.5 Å².